The number of hydrogen-bond donors (Lipinski definition) is 2. The van der Waals surface area contributed by atoms with Gasteiger partial charge in [0.2, 0.25) is 0 Å². The molecular formula is C15H15ClN2O. The molecule has 98 valence electrons. The van der Waals surface area contributed by atoms with Crippen LogP contribution in [0.1, 0.15) is 21.5 Å². The summed E-state index contributed by atoms with van der Waals surface area (Å²) >= 11 is 5.91. The lowest BCUT2D eigenvalue weighted by molar-refractivity contribution is 0.102. The fourth-order valence-corrected chi connectivity index (χ4v) is 2.10. The molecule has 0 saturated heterocycles. The van der Waals surface area contributed by atoms with Gasteiger partial charge < -0.3 is 11.1 Å². The fourth-order valence-electron chi connectivity index (χ4n) is 1.92. The number of hydrogen-bond acceptors (Lipinski definition) is 2. The van der Waals surface area contributed by atoms with Crippen molar-refractivity contribution in [2.45, 2.75) is 13.8 Å². The first-order valence-electron chi connectivity index (χ1n) is 5.90. The lowest BCUT2D eigenvalue weighted by Crippen LogP contribution is -2.12. The number of carbonyl (C=O) groups excluding carboxylic acids is 1. The van der Waals surface area contributed by atoms with Gasteiger partial charge in [-0.2, -0.15) is 0 Å². The Hall–Kier alpha value is -2.00. The molecule has 2 aromatic carbocycles. The molecule has 2 rings (SSSR count). The monoisotopic (exact) mass is 274 g/mol. The molecule has 0 unspecified atom stereocenters. The number of nitrogens with two attached hydrogens (primary N) is 1. The van der Waals surface area contributed by atoms with E-state index in [1.807, 2.05) is 26.0 Å². The standard InChI is InChI=1S/C15H15ClN2O/c1-9-5-10(2)7-12(6-9)18-15(19)11-3-4-14(17)13(16)8-11/h3-8H,17H2,1-2H3,(H,18,19). The van der Waals surface area contributed by atoms with E-state index in [4.69, 9.17) is 17.3 Å². The molecule has 3 nitrogen and oxygen atoms in total. The minimum absolute atomic E-state index is 0.202. The zero-order valence-corrected chi connectivity index (χ0v) is 11.6. The van der Waals surface area contributed by atoms with E-state index in [-0.39, 0.29) is 5.91 Å². The molecule has 0 saturated carbocycles. The number of benzene rings is 2. The number of aryl methyl sites for hydroxylation is 2. The third-order valence-corrected chi connectivity index (χ3v) is 3.07. The van der Waals surface area contributed by atoms with Gasteiger partial charge in [0.15, 0.2) is 0 Å². The van der Waals surface area contributed by atoms with Gasteiger partial charge in [-0.25, -0.2) is 0 Å². The summed E-state index contributed by atoms with van der Waals surface area (Å²) in [5.74, 6) is -0.202. The van der Waals surface area contributed by atoms with Crippen LogP contribution in [0.15, 0.2) is 36.4 Å². The van der Waals surface area contributed by atoms with Gasteiger partial charge in [0, 0.05) is 11.3 Å². The van der Waals surface area contributed by atoms with Gasteiger partial charge in [0.1, 0.15) is 0 Å². The van der Waals surface area contributed by atoms with E-state index < -0.39 is 0 Å². The van der Waals surface area contributed by atoms with Crippen molar-refractivity contribution in [2.75, 3.05) is 11.1 Å². The summed E-state index contributed by atoms with van der Waals surface area (Å²) < 4.78 is 0. The van der Waals surface area contributed by atoms with Gasteiger partial charge in [-0.3, -0.25) is 4.79 Å². The predicted molar refractivity (Wildman–Crippen MR) is 79.7 cm³/mol. The maximum atomic E-state index is 12.1. The molecule has 3 N–H and O–H groups in total. The Labute approximate surface area is 117 Å². The number of rotatable bonds is 2. The molecule has 0 fully saturated rings. The topological polar surface area (TPSA) is 55.1 Å². The molecule has 0 heterocycles. The number of amides is 1. The van der Waals surface area contributed by atoms with Gasteiger partial charge in [-0.05, 0) is 55.3 Å². The lowest BCUT2D eigenvalue weighted by Gasteiger charge is -2.08. The Morgan fingerprint density at radius 2 is 1.74 bits per heavy atom. The van der Waals surface area contributed by atoms with E-state index in [1.54, 1.807) is 18.2 Å². The summed E-state index contributed by atoms with van der Waals surface area (Å²) in [5, 5.41) is 3.23. The highest BCUT2D eigenvalue weighted by Gasteiger charge is 2.08. The quantitative estimate of drug-likeness (QED) is 0.819. The van der Waals surface area contributed by atoms with Crippen LogP contribution in [-0.2, 0) is 0 Å². The van der Waals surface area contributed by atoms with Crippen molar-refractivity contribution in [2.24, 2.45) is 0 Å². The Morgan fingerprint density at radius 3 is 2.32 bits per heavy atom. The molecule has 1 amide bonds. The van der Waals surface area contributed by atoms with E-state index >= 15 is 0 Å². The van der Waals surface area contributed by atoms with Crippen LogP contribution < -0.4 is 11.1 Å². The summed E-state index contributed by atoms with van der Waals surface area (Å²) in [7, 11) is 0. The van der Waals surface area contributed by atoms with Crippen LogP contribution in [0.5, 0.6) is 0 Å². The summed E-state index contributed by atoms with van der Waals surface area (Å²) in [6.07, 6.45) is 0. The molecule has 0 atom stereocenters. The van der Waals surface area contributed by atoms with Crippen LogP contribution in [0.3, 0.4) is 0 Å². The second kappa shape index (κ2) is 5.33. The zero-order valence-electron chi connectivity index (χ0n) is 10.8. The first-order valence-corrected chi connectivity index (χ1v) is 6.28. The minimum atomic E-state index is -0.202. The molecule has 0 radical (unpaired) electrons. The van der Waals surface area contributed by atoms with Crippen molar-refractivity contribution in [3.05, 3.63) is 58.1 Å². The van der Waals surface area contributed by atoms with Gasteiger partial charge in [-0.15, -0.1) is 0 Å². The Balaban J connectivity index is 2.22. The lowest BCUT2D eigenvalue weighted by atomic mass is 10.1. The molecular weight excluding hydrogens is 260 g/mol. The third-order valence-electron chi connectivity index (χ3n) is 2.74. The maximum absolute atomic E-state index is 12.1. The number of nitrogen functional groups attached to an aromatic ring is 1. The number of halogens is 1. The predicted octanol–water partition coefficient (Wildman–Crippen LogP) is 3.79. The molecule has 2 aromatic rings. The van der Waals surface area contributed by atoms with Crippen molar-refractivity contribution in [3.63, 3.8) is 0 Å². The Bertz CT molecular complexity index is 618. The van der Waals surface area contributed by atoms with Crippen molar-refractivity contribution in [1.29, 1.82) is 0 Å². The van der Waals surface area contributed by atoms with Crippen molar-refractivity contribution >= 4 is 28.9 Å². The molecule has 0 bridgehead atoms. The third kappa shape index (κ3) is 3.26. The van der Waals surface area contributed by atoms with Gasteiger partial charge in [0.05, 0.1) is 10.7 Å². The van der Waals surface area contributed by atoms with Crippen molar-refractivity contribution in [3.8, 4) is 0 Å². The minimum Gasteiger partial charge on any atom is -0.398 e. The highest BCUT2D eigenvalue weighted by molar-refractivity contribution is 6.33. The number of nitrogens with one attached hydrogen (secondary N) is 1. The summed E-state index contributed by atoms with van der Waals surface area (Å²) in [6.45, 7) is 3.98. The van der Waals surface area contributed by atoms with Crippen LogP contribution in [-0.4, -0.2) is 5.91 Å². The van der Waals surface area contributed by atoms with Gasteiger partial charge >= 0.3 is 0 Å². The first kappa shape index (κ1) is 13.4. The van der Waals surface area contributed by atoms with Crippen LogP contribution in [0, 0.1) is 13.8 Å². The average molecular weight is 275 g/mol. The molecule has 0 aliphatic rings. The molecule has 0 aliphatic heterocycles. The molecule has 0 aliphatic carbocycles. The molecule has 0 spiro atoms. The first-order chi connectivity index (χ1) is 8.95. The van der Waals surface area contributed by atoms with E-state index in [2.05, 4.69) is 11.4 Å². The van der Waals surface area contributed by atoms with Gasteiger partial charge in [-0.1, -0.05) is 17.7 Å². The van der Waals surface area contributed by atoms with E-state index in [0.29, 0.717) is 16.3 Å². The SMILES string of the molecule is Cc1cc(C)cc(NC(=O)c2ccc(N)c(Cl)c2)c1. The molecule has 19 heavy (non-hydrogen) atoms. The molecule has 4 heteroatoms. The maximum Gasteiger partial charge on any atom is 0.255 e. The number of anilines is 2. The normalized spacial score (nSPS) is 10.3. The van der Waals surface area contributed by atoms with E-state index in [9.17, 15) is 4.79 Å². The Kier molecular flexibility index (Phi) is 3.76. The van der Waals surface area contributed by atoms with Crippen LogP contribution in [0.2, 0.25) is 5.02 Å². The number of carbonyl (C=O) groups is 1. The van der Waals surface area contributed by atoms with Crippen LogP contribution >= 0.6 is 11.6 Å². The van der Waals surface area contributed by atoms with E-state index in [0.717, 1.165) is 16.8 Å². The van der Waals surface area contributed by atoms with Gasteiger partial charge in [0.25, 0.3) is 5.91 Å². The highest BCUT2D eigenvalue weighted by atomic mass is 35.5. The highest BCUT2D eigenvalue weighted by Crippen LogP contribution is 2.21. The second-order valence-corrected chi connectivity index (χ2v) is 4.97. The van der Waals surface area contributed by atoms with Crippen molar-refractivity contribution in [1.82, 2.24) is 0 Å². The summed E-state index contributed by atoms with van der Waals surface area (Å²) in [4.78, 5) is 12.1. The Morgan fingerprint density at radius 1 is 1.11 bits per heavy atom. The van der Waals surface area contributed by atoms with E-state index in [1.165, 1.54) is 0 Å². The molecule has 0 aromatic heterocycles. The van der Waals surface area contributed by atoms with Crippen LogP contribution in [0.25, 0.3) is 0 Å². The fraction of sp³-hybridized carbons (Fsp3) is 0.133. The summed E-state index contributed by atoms with van der Waals surface area (Å²) in [6, 6.07) is 10.7. The zero-order chi connectivity index (χ0) is 14.0. The second-order valence-electron chi connectivity index (χ2n) is 4.57. The summed E-state index contributed by atoms with van der Waals surface area (Å²) in [5.41, 5.74) is 9.54. The smallest absolute Gasteiger partial charge is 0.255 e. The largest absolute Gasteiger partial charge is 0.398 e. The average Bonchev–Trinajstić information content (AvgIpc) is 2.31. The van der Waals surface area contributed by atoms with Crippen molar-refractivity contribution < 1.29 is 4.79 Å². The van der Waals surface area contributed by atoms with Crippen LogP contribution in [0.4, 0.5) is 11.4 Å².